The van der Waals surface area contributed by atoms with E-state index in [1.165, 1.54) is 7.11 Å². The van der Waals surface area contributed by atoms with Crippen LogP contribution in [0.15, 0.2) is 48.5 Å². The number of rotatable bonds is 6. The third-order valence-electron chi connectivity index (χ3n) is 2.82. The van der Waals surface area contributed by atoms with Crippen LogP contribution >= 0.6 is 0 Å². The molecule has 0 saturated carbocycles. The van der Waals surface area contributed by atoms with E-state index in [1.54, 1.807) is 18.2 Å². The Morgan fingerprint density at radius 3 is 2.62 bits per heavy atom. The summed E-state index contributed by atoms with van der Waals surface area (Å²) < 4.78 is 15.6. The summed E-state index contributed by atoms with van der Waals surface area (Å²) in [7, 11) is 1.31. The van der Waals surface area contributed by atoms with Crippen molar-refractivity contribution in [3.8, 4) is 5.75 Å². The first kappa shape index (κ1) is 14.9. The smallest absolute Gasteiger partial charge is 0.341 e. The fourth-order valence-electron chi connectivity index (χ4n) is 1.78. The van der Waals surface area contributed by atoms with Crippen molar-refractivity contribution in [2.24, 2.45) is 0 Å². The molecule has 0 radical (unpaired) electrons. The van der Waals surface area contributed by atoms with Crippen molar-refractivity contribution in [3.05, 3.63) is 59.7 Å². The minimum atomic E-state index is -0.479. The molecule has 2 rings (SSSR count). The third-order valence-corrected chi connectivity index (χ3v) is 2.82. The Hall–Kier alpha value is -2.53. The molecule has 2 aromatic carbocycles. The van der Waals surface area contributed by atoms with Crippen LogP contribution in [-0.4, -0.2) is 19.9 Å². The summed E-state index contributed by atoms with van der Waals surface area (Å²) >= 11 is 0. The predicted molar refractivity (Wildman–Crippen MR) is 78.9 cm³/mol. The van der Waals surface area contributed by atoms with Gasteiger partial charge in [0.05, 0.1) is 13.7 Å². The molecular formula is C16H17NO4. The number of nitrogen functional groups attached to an aromatic ring is 1. The molecule has 0 saturated heterocycles. The Bertz CT molecular complexity index is 598. The summed E-state index contributed by atoms with van der Waals surface area (Å²) in [6.45, 7) is 0.444. The maximum Gasteiger partial charge on any atom is 0.341 e. The molecule has 0 unspecified atom stereocenters. The highest BCUT2D eigenvalue weighted by Crippen LogP contribution is 2.22. The molecule has 5 nitrogen and oxygen atoms in total. The number of methoxy groups -OCH3 is 1. The average molecular weight is 287 g/mol. The number of hydrogen-bond acceptors (Lipinski definition) is 5. The number of carbonyl (C=O) groups is 1. The van der Waals surface area contributed by atoms with Crippen LogP contribution in [0.3, 0.4) is 0 Å². The van der Waals surface area contributed by atoms with Crippen LogP contribution in [0, 0.1) is 0 Å². The van der Waals surface area contributed by atoms with E-state index >= 15 is 0 Å². The topological polar surface area (TPSA) is 70.8 Å². The van der Waals surface area contributed by atoms with Gasteiger partial charge in [-0.05, 0) is 17.7 Å². The largest absolute Gasteiger partial charge is 0.467 e. The summed E-state index contributed by atoms with van der Waals surface area (Å²) in [5.74, 6) is -0.136. The fraction of sp³-hybridized carbons (Fsp3) is 0.188. The molecule has 110 valence electrons. The van der Waals surface area contributed by atoms with Gasteiger partial charge in [0.2, 0.25) is 0 Å². The number of benzene rings is 2. The maximum atomic E-state index is 11.6. The van der Waals surface area contributed by atoms with Gasteiger partial charge < -0.3 is 19.9 Å². The van der Waals surface area contributed by atoms with Crippen molar-refractivity contribution in [1.82, 2.24) is 0 Å². The highest BCUT2D eigenvalue weighted by atomic mass is 16.7. The standard InChI is InChI=1S/C16H17NO4/c1-19-16(18)14-8-7-13(17)9-15(14)21-11-20-10-12-5-3-2-4-6-12/h2-9H,10-11,17H2,1H3. The molecule has 0 atom stereocenters. The van der Waals surface area contributed by atoms with Crippen molar-refractivity contribution >= 4 is 11.7 Å². The van der Waals surface area contributed by atoms with Crippen LogP contribution in [0.2, 0.25) is 0 Å². The van der Waals surface area contributed by atoms with E-state index in [1.807, 2.05) is 30.3 Å². The zero-order valence-electron chi connectivity index (χ0n) is 11.7. The lowest BCUT2D eigenvalue weighted by molar-refractivity contribution is 0.00418. The molecular weight excluding hydrogens is 270 g/mol. The van der Waals surface area contributed by atoms with Gasteiger partial charge in [-0.1, -0.05) is 30.3 Å². The molecule has 0 bridgehead atoms. The van der Waals surface area contributed by atoms with Crippen molar-refractivity contribution in [2.75, 3.05) is 19.6 Å². The summed E-state index contributed by atoms with van der Waals surface area (Å²) in [6.07, 6.45) is 0. The summed E-state index contributed by atoms with van der Waals surface area (Å²) in [4.78, 5) is 11.6. The Balaban J connectivity index is 1.93. The zero-order valence-corrected chi connectivity index (χ0v) is 11.7. The third kappa shape index (κ3) is 4.22. The lowest BCUT2D eigenvalue weighted by atomic mass is 10.2. The van der Waals surface area contributed by atoms with Crippen LogP contribution in [0.25, 0.3) is 0 Å². The molecule has 0 amide bonds. The van der Waals surface area contributed by atoms with Crippen molar-refractivity contribution in [1.29, 1.82) is 0 Å². The zero-order chi connectivity index (χ0) is 15.1. The lowest BCUT2D eigenvalue weighted by Crippen LogP contribution is -2.09. The van der Waals surface area contributed by atoms with E-state index in [2.05, 4.69) is 0 Å². The summed E-state index contributed by atoms with van der Waals surface area (Å²) in [5, 5.41) is 0. The summed E-state index contributed by atoms with van der Waals surface area (Å²) in [5.41, 5.74) is 7.55. The highest BCUT2D eigenvalue weighted by molar-refractivity contribution is 5.93. The predicted octanol–water partition coefficient (Wildman–Crippen LogP) is 2.61. The van der Waals surface area contributed by atoms with E-state index in [4.69, 9.17) is 19.9 Å². The Kier molecular flexibility index (Phi) is 5.17. The SMILES string of the molecule is COC(=O)c1ccc(N)cc1OCOCc1ccccc1. The monoisotopic (exact) mass is 287 g/mol. The molecule has 0 aromatic heterocycles. The first-order valence-electron chi connectivity index (χ1n) is 6.43. The number of hydrogen-bond donors (Lipinski definition) is 1. The minimum Gasteiger partial charge on any atom is -0.467 e. The van der Waals surface area contributed by atoms with Gasteiger partial charge in [-0.3, -0.25) is 0 Å². The van der Waals surface area contributed by atoms with Gasteiger partial charge in [-0.15, -0.1) is 0 Å². The Labute approximate surface area is 123 Å². The molecule has 2 aromatic rings. The van der Waals surface area contributed by atoms with Crippen LogP contribution < -0.4 is 10.5 Å². The maximum absolute atomic E-state index is 11.6. The first-order valence-corrected chi connectivity index (χ1v) is 6.43. The van der Waals surface area contributed by atoms with Gasteiger partial charge in [-0.2, -0.15) is 0 Å². The van der Waals surface area contributed by atoms with Gasteiger partial charge in [0, 0.05) is 11.8 Å². The normalized spacial score (nSPS) is 10.1. The van der Waals surface area contributed by atoms with Crippen LogP contribution in [0.5, 0.6) is 5.75 Å². The minimum absolute atomic E-state index is 0.0162. The molecule has 0 aliphatic heterocycles. The average Bonchev–Trinajstić information content (AvgIpc) is 2.52. The second kappa shape index (κ2) is 7.31. The van der Waals surface area contributed by atoms with Gasteiger partial charge >= 0.3 is 5.97 Å². The van der Waals surface area contributed by atoms with E-state index in [0.717, 1.165) is 5.56 Å². The van der Waals surface area contributed by atoms with E-state index < -0.39 is 5.97 Å². The number of carbonyl (C=O) groups excluding carboxylic acids is 1. The van der Waals surface area contributed by atoms with Crippen molar-refractivity contribution in [2.45, 2.75) is 6.61 Å². The van der Waals surface area contributed by atoms with E-state index in [-0.39, 0.29) is 6.79 Å². The quantitative estimate of drug-likeness (QED) is 0.383. The van der Waals surface area contributed by atoms with Crippen molar-refractivity contribution in [3.63, 3.8) is 0 Å². The molecule has 0 heterocycles. The second-order valence-corrected chi connectivity index (χ2v) is 4.34. The summed E-state index contributed by atoms with van der Waals surface area (Å²) in [6, 6.07) is 14.5. The number of anilines is 1. The highest BCUT2D eigenvalue weighted by Gasteiger charge is 2.13. The van der Waals surface area contributed by atoms with E-state index in [0.29, 0.717) is 23.6 Å². The van der Waals surface area contributed by atoms with Crippen LogP contribution in [0.1, 0.15) is 15.9 Å². The van der Waals surface area contributed by atoms with Gasteiger partial charge in [0.1, 0.15) is 11.3 Å². The van der Waals surface area contributed by atoms with E-state index in [9.17, 15) is 4.79 Å². The van der Waals surface area contributed by atoms with Gasteiger partial charge in [0.25, 0.3) is 0 Å². The Morgan fingerprint density at radius 1 is 1.14 bits per heavy atom. The van der Waals surface area contributed by atoms with Gasteiger partial charge in [0.15, 0.2) is 6.79 Å². The molecule has 0 spiro atoms. The molecule has 2 N–H and O–H groups in total. The molecule has 0 aliphatic rings. The molecule has 5 heteroatoms. The fourth-order valence-corrected chi connectivity index (χ4v) is 1.78. The number of esters is 1. The van der Waals surface area contributed by atoms with Crippen molar-refractivity contribution < 1.29 is 19.0 Å². The van der Waals surface area contributed by atoms with Crippen LogP contribution in [-0.2, 0) is 16.1 Å². The number of ether oxygens (including phenoxy) is 3. The lowest BCUT2D eigenvalue weighted by Gasteiger charge is -2.11. The second-order valence-electron chi connectivity index (χ2n) is 4.34. The molecule has 21 heavy (non-hydrogen) atoms. The van der Waals surface area contributed by atoms with Crippen LogP contribution in [0.4, 0.5) is 5.69 Å². The Morgan fingerprint density at radius 2 is 1.90 bits per heavy atom. The first-order chi connectivity index (χ1) is 10.2. The molecule has 0 fully saturated rings. The number of nitrogens with two attached hydrogens (primary N) is 1. The molecule has 0 aliphatic carbocycles. The van der Waals surface area contributed by atoms with Gasteiger partial charge in [-0.25, -0.2) is 4.79 Å².